The van der Waals surface area contributed by atoms with Gasteiger partial charge >= 0.3 is 23.9 Å². The van der Waals surface area contributed by atoms with Gasteiger partial charge in [-0.05, 0) is 129 Å². The average Bonchev–Trinajstić information content (AvgIpc) is 3.58. The molecule has 354 valence electrons. The summed E-state index contributed by atoms with van der Waals surface area (Å²) in [6.07, 6.45) is 5.47. The molecule has 5 fully saturated rings. The molecule has 1 saturated heterocycles. The predicted molar refractivity (Wildman–Crippen MR) is 232 cm³/mol. The van der Waals surface area contributed by atoms with Gasteiger partial charge in [0.25, 0.3) is 0 Å². The molecule has 5 aliphatic rings. The second kappa shape index (κ2) is 19.5. The molecule has 0 spiro atoms. The highest BCUT2D eigenvalue weighted by Crippen LogP contribution is 2.76. The maximum absolute atomic E-state index is 13.2. The largest absolute Gasteiger partial charge is 0.469 e. The van der Waals surface area contributed by atoms with Crippen molar-refractivity contribution >= 4 is 29.7 Å². The lowest BCUT2D eigenvalue weighted by atomic mass is 9.34. The molecular formula is C49H81NO12. The minimum atomic E-state index is -1.00. The number of carbonyl (C=O) groups excluding carboxylic acids is 5. The molecule has 16 atom stereocenters. The summed E-state index contributed by atoms with van der Waals surface area (Å²) in [6, 6.07) is -0.742. The van der Waals surface area contributed by atoms with Gasteiger partial charge in [0.2, 0.25) is 0 Å². The van der Waals surface area contributed by atoms with E-state index in [1.54, 1.807) is 0 Å². The van der Waals surface area contributed by atoms with Gasteiger partial charge in [-0.2, -0.15) is 0 Å². The third kappa shape index (κ3) is 9.53. The van der Waals surface area contributed by atoms with E-state index in [0.29, 0.717) is 43.6 Å². The van der Waals surface area contributed by atoms with Crippen molar-refractivity contribution in [3.63, 3.8) is 0 Å². The normalized spacial score (nSPS) is 40.1. The number of hydrogen-bond acceptors (Lipinski definition) is 13. The first kappa shape index (κ1) is 50.4. The Hall–Kier alpha value is -2.61. The van der Waals surface area contributed by atoms with E-state index in [9.17, 15) is 29.1 Å². The first-order valence-corrected chi connectivity index (χ1v) is 23.7. The fraction of sp³-hybridized carbons (Fsp3) is 0.898. The number of Topliss-reactive ketones (excluding diaryl/α,β-unsaturated/α-hetero) is 1. The molecule has 0 aromatic carbocycles. The van der Waals surface area contributed by atoms with Gasteiger partial charge in [-0.1, -0.05) is 55.4 Å². The Kier molecular flexibility index (Phi) is 15.8. The highest BCUT2D eigenvalue weighted by atomic mass is 16.7. The molecule has 5 rings (SSSR count). The quantitative estimate of drug-likeness (QED) is 0.0836. The fourth-order valence-electron chi connectivity index (χ4n) is 14.3. The van der Waals surface area contributed by atoms with Crippen LogP contribution in [0.2, 0.25) is 0 Å². The minimum Gasteiger partial charge on any atom is -0.469 e. The van der Waals surface area contributed by atoms with Crippen LogP contribution < -0.4 is 5.32 Å². The topological polar surface area (TPSA) is 173 Å². The smallest absolute Gasteiger partial charge is 0.305 e. The van der Waals surface area contributed by atoms with Crippen LogP contribution in [-0.4, -0.2) is 97.4 Å². The number of aliphatic hydroxyl groups is 1. The summed E-state index contributed by atoms with van der Waals surface area (Å²) in [7, 11) is 1.30. The third-order valence-electron chi connectivity index (χ3n) is 18.0. The van der Waals surface area contributed by atoms with Gasteiger partial charge in [-0.25, -0.2) is 0 Å². The lowest BCUT2D eigenvalue weighted by Crippen LogP contribution is -2.66. The maximum Gasteiger partial charge on any atom is 0.305 e. The lowest BCUT2D eigenvalue weighted by Gasteiger charge is -2.71. The Bertz CT molecular complexity index is 1630. The van der Waals surface area contributed by atoms with Crippen molar-refractivity contribution in [2.75, 3.05) is 20.3 Å². The van der Waals surface area contributed by atoms with Crippen LogP contribution in [0.3, 0.4) is 0 Å². The van der Waals surface area contributed by atoms with Crippen LogP contribution in [0, 0.1) is 57.2 Å². The standard InChI is InChI=1S/C49H81NO12/c1-14-36-42(59-31(5)53)29(3)43(60-32(6)54)44(61-36)62-49(12,21-15-25-50-34(35(55)27-51)16-17-40(56)57-13)33-19-23-48(11)41(33)37(58-30(4)52)26-39-46(9)22-18-28(2)45(7,8)38(46)20-24-47(39,48)10/h28-29,33-34,36-39,41-44,50-51H,14-27H2,1-13H3/t28-,29-,33?,34-,36+,37?,38?,39?,41-,42-,43+,44+,46-,47+,48+,49-/m0/s1. The number of esters is 4. The van der Waals surface area contributed by atoms with E-state index in [0.717, 1.165) is 38.5 Å². The van der Waals surface area contributed by atoms with Gasteiger partial charge < -0.3 is 38.8 Å². The van der Waals surface area contributed by atoms with Crippen LogP contribution in [0.5, 0.6) is 0 Å². The van der Waals surface area contributed by atoms with Crippen molar-refractivity contribution in [2.45, 2.75) is 202 Å². The Balaban J connectivity index is 1.55. The highest BCUT2D eigenvalue weighted by molar-refractivity contribution is 5.85. The van der Waals surface area contributed by atoms with Crippen LogP contribution >= 0.6 is 0 Å². The van der Waals surface area contributed by atoms with E-state index in [4.69, 9.17) is 28.4 Å². The number of ketones is 1. The van der Waals surface area contributed by atoms with Crippen molar-refractivity contribution in [3.05, 3.63) is 0 Å². The number of nitrogens with one attached hydrogen (secondary N) is 1. The predicted octanol–water partition coefficient (Wildman–Crippen LogP) is 7.51. The minimum absolute atomic E-state index is 0.0261. The first-order valence-electron chi connectivity index (χ1n) is 23.7. The van der Waals surface area contributed by atoms with Gasteiger partial charge in [0.05, 0.1) is 24.9 Å². The van der Waals surface area contributed by atoms with E-state index in [1.165, 1.54) is 34.3 Å². The lowest BCUT2D eigenvalue weighted by molar-refractivity contribution is -0.327. The number of carbonyl (C=O) groups is 5. The summed E-state index contributed by atoms with van der Waals surface area (Å²) in [4.78, 5) is 63.0. The van der Waals surface area contributed by atoms with Crippen LogP contribution in [0.1, 0.15) is 160 Å². The number of fused-ring (bicyclic) bond motifs is 5. The number of ether oxygens (including phenoxy) is 6. The molecule has 1 heterocycles. The van der Waals surface area contributed by atoms with Gasteiger partial charge in [0.15, 0.2) is 18.2 Å². The zero-order valence-corrected chi connectivity index (χ0v) is 40.3. The molecule has 0 amide bonds. The second-order valence-corrected chi connectivity index (χ2v) is 21.5. The van der Waals surface area contributed by atoms with Crippen LogP contribution in [-0.2, 0) is 52.4 Å². The SMILES string of the molecule is CC[C@H]1O[C@H](O[C@@](C)(CCCN[C@@H](CCC(=O)OC)C(=O)CO)C2CC[C@]3(C)[C@@H]2C(OC(C)=O)CC2[C@@]4(C)CC[C@H](C)C(C)(C)C4CC[C@]23C)[C@H](OC(C)=O)[C@@H](C)[C@@H]1OC(C)=O. The molecule has 0 radical (unpaired) electrons. The highest BCUT2D eigenvalue weighted by Gasteiger charge is 2.72. The van der Waals surface area contributed by atoms with Gasteiger partial charge in [-0.3, -0.25) is 24.0 Å². The van der Waals surface area contributed by atoms with Gasteiger partial charge in [0.1, 0.15) is 18.8 Å². The summed E-state index contributed by atoms with van der Waals surface area (Å²) in [5.41, 5.74) is -0.882. The number of rotatable bonds is 17. The van der Waals surface area contributed by atoms with Crippen LogP contribution in [0.4, 0.5) is 0 Å². The molecular weight excluding hydrogens is 795 g/mol. The van der Waals surface area contributed by atoms with Crippen LogP contribution in [0.15, 0.2) is 0 Å². The third-order valence-corrected chi connectivity index (χ3v) is 18.0. The molecule has 13 nitrogen and oxygen atoms in total. The monoisotopic (exact) mass is 876 g/mol. The van der Waals surface area contributed by atoms with E-state index in [-0.39, 0.29) is 58.4 Å². The Labute approximate surface area is 371 Å². The number of methoxy groups -OCH3 is 1. The van der Waals surface area contributed by atoms with Crippen molar-refractivity contribution in [2.24, 2.45) is 57.2 Å². The average molecular weight is 876 g/mol. The van der Waals surface area contributed by atoms with E-state index in [2.05, 4.69) is 53.8 Å². The number of aliphatic hydroxyl groups excluding tert-OH is 1. The molecule has 4 aliphatic carbocycles. The molecule has 1 aliphatic heterocycles. The molecule has 4 unspecified atom stereocenters. The summed E-state index contributed by atoms with van der Waals surface area (Å²) < 4.78 is 37.2. The van der Waals surface area contributed by atoms with Crippen molar-refractivity contribution in [1.82, 2.24) is 5.32 Å². The summed E-state index contributed by atoms with van der Waals surface area (Å²) in [6.45, 7) is 24.8. The number of hydrogen-bond donors (Lipinski definition) is 2. The maximum atomic E-state index is 13.2. The van der Waals surface area contributed by atoms with E-state index in [1.807, 2.05) is 13.8 Å². The molecule has 2 N–H and O–H groups in total. The second-order valence-electron chi connectivity index (χ2n) is 21.5. The molecule has 4 saturated carbocycles. The molecule has 0 aromatic heterocycles. The Morgan fingerprint density at radius 2 is 1.48 bits per heavy atom. The zero-order chi connectivity index (χ0) is 46.2. The van der Waals surface area contributed by atoms with Gasteiger partial charge in [0, 0.05) is 39.0 Å². The van der Waals surface area contributed by atoms with Crippen LogP contribution in [0.25, 0.3) is 0 Å². The van der Waals surface area contributed by atoms with Crippen molar-refractivity contribution in [3.8, 4) is 0 Å². The molecule has 0 aromatic rings. The Morgan fingerprint density at radius 3 is 2.08 bits per heavy atom. The Morgan fingerprint density at radius 1 is 0.855 bits per heavy atom. The molecule has 62 heavy (non-hydrogen) atoms. The van der Waals surface area contributed by atoms with Crippen molar-refractivity contribution in [1.29, 1.82) is 0 Å². The summed E-state index contributed by atoms with van der Waals surface area (Å²) in [5, 5.41) is 13.0. The van der Waals surface area contributed by atoms with E-state index < -0.39 is 72.5 Å². The molecule has 13 heteroatoms. The fourth-order valence-corrected chi connectivity index (χ4v) is 14.3. The van der Waals surface area contributed by atoms with E-state index >= 15 is 0 Å². The summed E-state index contributed by atoms with van der Waals surface area (Å²) >= 11 is 0. The van der Waals surface area contributed by atoms with Gasteiger partial charge in [-0.15, -0.1) is 0 Å². The first-order chi connectivity index (χ1) is 28.9. The summed E-state index contributed by atoms with van der Waals surface area (Å²) in [5.74, 6) is -1.17. The molecule has 0 bridgehead atoms. The zero-order valence-electron chi connectivity index (χ0n) is 40.3. The van der Waals surface area contributed by atoms with Crippen molar-refractivity contribution < 1.29 is 57.5 Å².